The molecule has 1 aliphatic heterocycles. The summed E-state index contributed by atoms with van der Waals surface area (Å²) in [5, 5.41) is 7.17. The van der Waals surface area contributed by atoms with E-state index in [2.05, 4.69) is 10.6 Å². The van der Waals surface area contributed by atoms with Crippen molar-refractivity contribution in [3.8, 4) is 5.75 Å². The van der Waals surface area contributed by atoms with Gasteiger partial charge in [-0.3, -0.25) is 4.79 Å². The van der Waals surface area contributed by atoms with Gasteiger partial charge in [-0.2, -0.15) is 13.2 Å². The number of ether oxygens (including phenoxy) is 3. The molecule has 45 heavy (non-hydrogen) atoms. The van der Waals surface area contributed by atoms with Gasteiger partial charge in [-0.15, -0.1) is 0 Å². The maximum atomic E-state index is 14.8. The number of amides is 2. The van der Waals surface area contributed by atoms with Crippen molar-refractivity contribution < 1.29 is 50.1 Å². The number of alkyl halides is 3. The molecule has 0 radical (unpaired) electrons. The summed E-state index contributed by atoms with van der Waals surface area (Å²) in [5.41, 5.74) is 7.34. The van der Waals surface area contributed by atoms with Crippen molar-refractivity contribution in [2.45, 2.75) is 30.3 Å². The van der Waals surface area contributed by atoms with Gasteiger partial charge in [0.15, 0.2) is 11.6 Å². The number of morpholine rings is 1. The Morgan fingerprint density at radius 3 is 2.13 bits per heavy atom. The lowest BCUT2D eigenvalue weighted by Crippen LogP contribution is -2.51. The second kappa shape index (κ2) is 15.1. The molecule has 3 atom stereocenters. The van der Waals surface area contributed by atoms with E-state index < -0.39 is 66.3 Å². The third kappa shape index (κ3) is 9.83. The number of para-hydroxylation sites is 1. The summed E-state index contributed by atoms with van der Waals surface area (Å²) in [6, 6.07) is 12.8. The highest BCUT2D eigenvalue weighted by molar-refractivity contribution is 5.97. The topological polar surface area (TPSA) is 124 Å². The molecule has 4 rings (SSSR count). The SMILES string of the molecule is NC(C(=O)Nc1cccc(F)c1OCC1CNC(COC(=O)NCC(F)(F)F)CO1)C(c1ccc(F)cc1)c1ccc(F)cc1. The molecule has 15 heteroatoms. The van der Waals surface area contributed by atoms with Crippen molar-refractivity contribution in [1.82, 2.24) is 10.6 Å². The maximum Gasteiger partial charge on any atom is 0.407 e. The average molecular weight is 641 g/mol. The van der Waals surface area contributed by atoms with Gasteiger partial charge in [-0.05, 0) is 47.5 Å². The van der Waals surface area contributed by atoms with E-state index >= 15 is 0 Å². The number of alkyl carbamates (subject to hydrolysis) is 1. The molecule has 3 aromatic rings. The summed E-state index contributed by atoms with van der Waals surface area (Å²) in [6.07, 6.45) is -6.39. The molecule has 0 saturated carbocycles. The normalized spacial score (nSPS) is 17.4. The third-order valence-electron chi connectivity index (χ3n) is 6.77. The van der Waals surface area contributed by atoms with Gasteiger partial charge in [0.1, 0.15) is 37.5 Å². The van der Waals surface area contributed by atoms with E-state index in [4.69, 9.17) is 19.9 Å². The molecule has 2 amide bonds. The van der Waals surface area contributed by atoms with Gasteiger partial charge >= 0.3 is 12.3 Å². The van der Waals surface area contributed by atoms with E-state index in [1.165, 1.54) is 60.7 Å². The fourth-order valence-electron chi connectivity index (χ4n) is 4.53. The Balaban J connectivity index is 1.35. The Morgan fingerprint density at radius 1 is 0.956 bits per heavy atom. The Bertz CT molecular complexity index is 1390. The van der Waals surface area contributed by atoms with Crippen molar-refractivity contribution >= 4 is 17.7 Å². The number of hydrogen-bond donors (Lipinski definition) is 4. The first-order valence-electron chi connectivity index (χ1n) is 13.7. The summed E-state index contributed by atoms with van der Waals surface area (Å²) in [6.45, 7) is -1.73. The zero-order valence-electron chi connectivity index (χ0n) is 23.6. The van der Waals surface area contributed by atoms with Crippen LogP contribution in [0.1, 0.15) is 17.0 Å². The fraction of sp³-hybridized carbons (Fsp3) is 0.333. The van der Waals surface area contributed by atoms with Gasteiger partial charge in [-0.1, -0.05) is 30.3 Å². The quantitative estimate of drug-likeness (QED) is 0.232. The van der Waals surface area contributed by atoms with Crippen molar-refractivity contribution in [2.24, 2.45) is 5.73 Å². The van der Waals surface area contributed by atoms with E-state index in [-0.39, 0.29) is 37.8 Å². The number of rotatable bonds is 11. The van der Waals surface area contributed by atoms with Gasteiger partial charge in [0.2, 0.25) is 5.91 Å². The average Bonchev–Trinajstić information content (AvgIpc) is 3.01. The van der Waals surface area contributed by atoms with Crippen LogP contribution in [0.5, 0.6) is 5.75 Å². The van der Waals surface area contributed by atoms with E-state index in [1.807, 2.05) is 0 Å². The van der Waals surface area contributed by atoms with Crippen LogP contribution in [0.15, 0.2) is 66.7 Å². The highest BCUT2D eigenvalue weighted by Crippen LogP contribution is 2.31. The molecule has 0 bridgehead atoms. The first kappa shape index (κ1) is 33.6. The molecule has 3 unspecified atom stereocenters. The first-order valence-corrected chi connectivity index (χ1v) is 13.7. The maximum absolute atomic E-state index is 14.8. The molecule has 1 saturated heterocycles. The van der Waals surface area contributed by atoms with Crippen LogP contribution in [0, 0.1) is 17.5 Å². The number of hydrogen-bond acceptors (Lipinski definition) is 7. The van der Waals surface area contributed by atoms with E-state index in [9.17, 15) is 35.9 Å². The summed E-state index contributed by atoms with van der Waals surface area (Å²) in [4.78, 5) is 24.8. The summed E-state index contributed by atoms with van der Waals surface area (Å²) in [7, 11) is 0. The largest absolute Gasteiger partial charge is 0.486 e. The lowest BCUT2D eigenvalue weighted by molar-refractivity contribution is -0.124. The standard InChI is InChI=1S/C30H30F6N4O5/c31-19-8-4-17(5-9-19)25(18-6-10-20(32)11-7-18)26(37)28(41)40-24-3-1-2-23(33)27(24)44-15-22-12-38-21(13-43-22)14-45-29(42)39-16-30(34,35)36/h1-11,21-22,25-26,38H,12-16,37H2,(H,39,42)(H,40,41). The Labute approximate surface area is 254 Å². The molecule has 242 valence electrons. The molecule has 1 heterocycles. The second-order valence-electron chi connectivity index (χ2n) is 10.2. The molecule has 5 N–H and O–H groups in total. The van der Waals surface area contributed by atoms with Crippen LogP contribution in [0.3, 0.4) is 0 Å². The minimum Gasteiger partial charge on any atom is -0.486 e. The van der Waals surface area contributed by atoms with Crippen LogP contribution in [-0.2, 0) is 14.3 Å². The molecular formula is C30H30F6N4O5. The molecule has 9 nitrogen and oxygen atoms in total. The van der Waals surface area contributed by atoms with Crippen LogP contribution in [0.25, 0.3) is 0 Å². The van der Waals surface area contributed by atoms with Gasteiger partial charge in [0, 0.05) is 12.5 Å². The van der Waals surface area contributed by atoms with Crippen molar-refractivity contribution in [2.75, 3.05) is 38.2 Å². The highest BCUT2D eigenvalue weighted by atomic mass is 19.4. The number of halogens is 6. The monoisotopic (exact) mass is 640 g/mol. The zero-order chi connectivity index (χ0) is 32.6. The van der Waals surface area contributed by atoms with E-state index in [0.717, 1.165) is 6.07 Å². The van der Waals surface area contributed by atoms with Crippen LogP contribution >= 0.6 is 0 Å². The number of carbonyl (C=O) groups is 2. The van der Waals surface area contributed by atoms with E-state index in [0.29, 0.717) is 11.1 Å². The van der Waals surface area contributed by atoms with E-state index in [1.54, 1.807) is 5.32 Å². The zero-order valence-corrected chi connectivity index (χ0v) is 23.6. The summed E-state index contributed by atoms with van der Waals surface area (Å²) >= 11 is 0. The number of anilines is 1. The molecular weight excluding hydrogens is 610 g/mol. The molecule has 3 aromatic carbocycles. The Kier molecular flexibility index (Phi) is 11.3. The van der Waals surface area contributed by atoms with Crippen LogP contribution < -0.4 is 26.4 Å². The predicted octanol–water partition coefficient (Wildman–Crippen LogP) is 4.23. The molecule has 1 aliphatic rings. The minimum absolute atomic E-state index is 0.0183. The predicted molar refractivity (Wildman–Crippen MR) is 150 cm³/mol. The smallest absolute Gasteiger partial charge is 0.407 e. The molecule has 0 aromatic heterocycles. The van der Waals surface area contributed by atoms with Gasteiger partial charge < -0.3 is 35.9 Å². The van der Waals surface area contributed by atoms with Crippen LogP contribution in [-0.4, -0.2) is 69.3 Å². The van der Waals surface area contributed by atoms with Crippen molar-refractivity contribution in [1.29, 1.82) is 0 Å². The van der Waals surface area contributed by atoms with Crippen molar-refractivity contribution in [3.05, 3.63) is 95.3 Å². The number of benzene rings is 3. The summed E-state index contributed by atoms with van der Waals surface area (Å²) in [5.74, 6) is -3.59. The van der Waals surface area contributed by atoms with Gasteiger partial charge in [0.25, 0.3) is 0 Å². The molecule has 0 aliphatic carbocycles. The van der Waals surface area contributed by atoms with Crippen molar-refractivity contribution in [3.63, 3.8) is 0 Å². The third-order valence-corrected chi connectivity index (χ3v) is 6.77. The second-order valence-corrected chi connectivity index (χ2v) is 10.2. The Morgan fingerprint density at radius 2 is 1.58 bits per heavy atom. The number of nitrogens with two attached hydrogens (primary N) is 1. The fourth-order valence-corrected chi connectivity index (χ4v) is 4.53. The first-order chi connectivity index (χ1) is 21.4. The lowest BCUT2D eigenvalue weighted by atomic mass is 9.85. The van der Waals surface area contributed by atoms with Crippen LogP contribution in [0.2, 0.25) is 0 Å². The lowest BCUT2D eigenvalue weighted by Gasteiger charge is -2.30. The van der Waals surface area contributed by atoms with Gasteiger partial charge in [0.05, 0.1) is 24.4 Å². The molecule has 1 fully saturated rings. The van der Waals surface area contributed by atoms with Crippen LogP contribution in [0.4, 0.5) is 36.8 Å². The minimum atomic E-state index is -4.57. The summed E-state index contributed by atoms with van der Waals surface area (Å²) < 4.78 is 94.7. The van der Waals surface area contributed by atoms with Gasteiger partial charge in [-0.25, -0.2) is 18.0 Å². The molecule has 0 spiro atoms. The number of nitrogens with one attached hydrogen (secondary N) is 3. The highest BCUT2D eigenvalue weighted by Gasteiger charge is 2.30. The Hall–Kier alpha value is -4.34. The number of carbonyl (C=O) groups excluding carboxylic acids is 2.